The summed E-state index contributed by atoms with van der Waals surface area (Å²) < 4.78 is 55.6. The Labute approximate surface area is 237 Å². The summed E-state index contributed by atoms with van der Waals surface area (Å²) in [7, 11) is 2.90. The van der Waals surface area contributed by atoms with E-state index in [1.165, 1.54) is 19.0 Å². The van der Waals surface area contributed by atoms with Crippen molar-refractivity contribution in [2.75, 3.05) is 27.2 Å². The third-order valence-corrected chi connectivity index (χ3v) is 8.74. The van der Waals surface area contributed by atoms with Crippen LogP contribution in [-0.2, 0) is 27.3 Å². The maximum Gasteiger partial charge on any atom is 0.401 e. The van der Waals surface area contributed by atoms with E-state index in [4.69, 9.17) is 5.73 Å². The van der Waals surface area contributed by atoms with E-state index >= 15 is 4.39 Å². The highest BCUT2D eigenvalue weighted by Crippen LogP contribution is 2.53. The molecule has 5 rings (SSSR count). The van der Waals surface area contributed by atoms with Crippen LogP contribution in [-0.4, -0.2) is 92.7 Å². The van der Waals surface area contributed by atoms with Gasteiger partial charge in [0.25, 0.3) is 5.91 Å². The van der Waals surface area contributed by atoms with E-state index in [0.29, 0.717) is 0 Å². The van der Waals surface area contributed by atoms with Gasteiger partial charge in [-0.25, -0.2) is 4.39 Å². The lowest BCUT2D eigenvalue weighted by molar-refractivity contribution is -0.153. The van der Waals surface area contributed by atoms with Crippen LogP contribution >= 0.6 is 0 Å². The summed E-state index contributed by atoms with van der Waals surface area (Å²) in [6.07, 6.45) is -3.55. The molecule has 2 saturated carbocycles. The number of aromatic hydroxyl groups is 1. The van der Waals surface area contributed by atoms with Crippen LogP contribution in [0.5, 0.6) is 5.75 Å². The Bertz CT molecular complexity index is 1450. The van der Waals surface area contributed by atoms with Crippen molar-refractivity contribution in [1.82, 2.24) is 9.80 Å². The van der Waals surface area contributed by atoms with Gasteiger partial charge in [-0.05, 0) is 57.7 Å². The number of benzene rings is 1. The highest BCUT2D eigenvalue weighted by Gasteiger charge is 2.64. The molecule has 0 saturated heterocycles. The standard InChI is InChI=1S/C28H31F4N3O7/c1-34(2)21-15-6-12-5-14-18(22(37)17(12)24(39)28(15,42)25(40)19(23(21)38)26(33)41)16(36)7-13(20(14)29)9-35(8-11-3-4-11)10-27(30,31)32/h7,11-12,15,21,36-37,40,42H,3-6,8-10H2,1-2H3,(H2,33,41)/t12-,15-,21-,28-/m0/s1. The Kier molecular flexibility index (Phi) is 7.18. The van der Waals surface area contributed by atoms with Crippen molar-refractivity contribution in [1.29, 1.82) is 0 Å². The molecule has 14 heteroatoms. The summed E-state index contributed by atoms with van der Waals surface area (Å²) in [5, 5.41) is 44.4. The van der Waals surface area contributed by atoms with Gasteiger partial charge >= 0.3 is 6.18 Å². The van der Waals surface area contributed by atoms with Crippen LogP contribution in [0.2, 0.25) is 0 Å². The number of hydrogen-bond donors (Lipinski definition) is 5. The molecule has 0 aromatic heterocycles. The summed E-state index contributed by atoms with van der Waals surface area (Å²) in [4.78, 5) is 41.4. The van der Waals surface area contributed by atoms with Gasteiger partial charge in [-0.2, -0.15) is 13.2 Å². The first-order valence-corrected chi connectivity index (χ1v) is 13.4. The van der Waals surface area contributed by atoms with E-state index in [1.54, 1.807) is 0 Å². The smallest absolute Gasteiger partial charge is 0.401 e. The number of phenolic OH excluding ortho intramolecular Hbond substituents is 1. The zero-order valence-electron chi connectivity index (χ0n) is 22.8. The zero-order chi connectivity index (χ0) is 31.0. The lowest BCUT2D eigenvalue weighted by atomic mass is 9.57. The van der Waals surface area contributed by atoms with Gasteiger partial charge in [0.05, 0.1) is 18.2 Å². The largest absolute Gasteiger partial charge is 0.508 e. The van der Waals surface area contributed by atoms with Gasteiger partial charge < -0.3 is 26.2 Å². The zero-order valence-corrected chi connectivity index (χ0v) is 22.8. The number of fused-ring (bicyclic) bond motifs is 3. The molecule has 6 N–H and O–H groups in total. The van der Waals surface area contributed by atoms with Crippen molar-refractivity contribution in [3.05, 3.63) is 45.5 Å². The number of Topliss-reactive ketones (excluding diaryl/α,β-unsaturated/α-hetero) is 2. The number of alkyl halides is 3. The summed E-state index contributed by atoms with van der Waals surface area (Å²) in [5.41, 5.74) is 0.138. The Morgan fingerprint density at radius 3 is 2.36 bits per heavy atom. The van der Waals surface area contributed by atoms with E-state index in [2.05, 4.69) is 0 Å². The molecule has 4 atom stereocenters. The molecule has 0 spiro atoms. The molecule has 0 bridgehead atoms. The van der Waals surface area contributed by atoms with Gasteiger partial charge in [0.2, 0.25) is 5.78 Å². The van der Waals surface area contributed by atoms with Crippen molar-refractivity contribution in [2.45, 2.75) is 50.0 Å². The number of amides is 1. The molecule has 0 aliphatic heterocycles. The highest BCUT2D eigenvalue weighted by molar-refractivity contribution is 6.24. The SMILES string of the molecule is CN(C)[C@@H]1C(=O)C(C(N)=O)=C(O)[C@@]2(O)C(=O)C3=C(O)c4c(O)cc(CN(CC5CC5)CC(F)(F)F)c(F)c4C[C@H]3C[C@@H]12. The molecule has 1 aromatic rings. The van der Waals surface area contributed by atoms with Crippen molar-refractivity contribution >= 4 is 23.2 Å². The fourth-order valence-electron chi connectivity index (χ4n) is 6.81. The Balaban J connectivity index is 1.60. The van der Waals surface area contributed by atoms with E-state index in [-0.39, 0.29) is 36.4 Å². The van der Waals surface area contributed by atoms with Gasteiger partial charge in [0.15, 0.2) is 11.4 Å². The van der Waals surface area contributed by atoms with Crippen molar-refractivity contribution in [2.24, 2.45) is 23.5 Å². The Morgan fingerprint density at radius 2 is 1.81 bits per heavy atom. The van der Waals surface area contributed by atoms with Crippen LogP contribution in [0.1, 0.15) is 36.0 Å². The molecule has 0 radical (unpaired) electrons. The third-order valence-electron chi connectivity index (χ3n) is 8.74. The number of ketones is 2. The molecule has 4 aliphatic rings. The number of phenols is 1. The molecular weight excluding hydrogens is 566 g/mol. The first-order valence-electron chi connectivity index (χ1n) is 13.4. The molecule has 10 nitrogen and oxygen atoms in total. The second-order valence-corrected chi connectivity index (χ2v) is 11.9. The second-order valence-electron chi connectivity index (χ2n) is 11.9. The average molecular weight is 598 g/mol. The minimum absolute atomic E-state index is 0.0616. The highest BCUT2D eigenvalue weighted by atomic mass is 19.4. The fourth-order valence-corrected chi connectivity index (χ4v) is 6.81. The number of hydrogen-bond acceptors (Lipinski definition) is 9. The van der Waals surface area contributed by atoms with Crippen LogP contribution in [0.4, 0.5) is 17.6 Å². The van der Waals surface area contributed by atoms with Crippen molar-refractivity contribution < 1.29 is 52.4 Å². The number of nitrogens with zero attached hydrogens (tertiary/aromatic N) is 2. The van der Waals surface area contributed by atoms with E-state index in [1.807, 2.05) is 0 Å². The van der Waals surface area contributed by atoms with E-state index in [0.717, 1.165) is 23.8 Å². The topological polar surface area (TPSA) is 165 Å². The van der Waals surface area contributed by atoms with Crippen LogP contribution < -0.4 is 5.73 Å². The maximum absolute atomic E-state index is 15.9. The number of likely N-dealkylation sites (N-methyl/N-ethyl adjacent to an activating group) is 1. The predicted octanol–water partition coefficient (Wildman–Crippen LogP) is 1.88. The second kappa shape index (κ2) is 10.1. The first-order chi connectivity index (χ1) is 19.5. The molecule has 228 valence electrons. The average Bonchev–Trinajstić information content (AvgIpc) is 3.67. The fraction of sp³-hybridized carbons (Fsp3) is 0.536. The minimum Gasteiger partial charge on any atom is -0.508 e. The van der Waals surface area contributed by atoms with Crippen molar-refractivity contribution in [3.8, 4) is 5.75 Å². The number of aliphatic hydroxyl groups is 3. The van der Waals surface area contributed by atoms with E-state index in [9.17, 15) is 48.0 Å². The molecule has 1 aromatic carbocycles. The van der Waals surface area contributed by atoms with Gasteiger partial charge in [-0.1, -0.05) is 0 Å². The van der Waals surface area contributed by atoms with Gasteiger partial charge in [0, 0.05) is 35.7 Å². The first kappa shape index (κ1) is 30.0. The number of carbonyl (C=O) groups is 3. The molecule has 2 fully saturated rings. The predicted molar refractivity (Wildman–Crippen MR) is 138 cm³/mol. The van der Waals surface area contributed by atoms with Crippen LogP contribution in [0.15, 0.2) is 23.0 Å². The molecule has 0 heterocycles. The molecule has 4 aliphatic carbocycles. The van der Waals surface area contributed by atoms with Crippen LogP contribution in [0.3, 0.4) is 0 Å². The number of nitrogens with two attached hydrogens (primary N) is 1. The van der Waals surface area contributed by atoms with Gasteiger partial charge in [-0.3, -0.25) is 24.2 Å². The minimum atomic E-state index is -4.54. The summed E-state index contributed by atoms with van der Waals surface area (Å²) in [6, 6.07) is -0.401. The van der Waals surface area contributed by atoms with Crippen LogP contribution in [0, 0.1) is 23.6 Å². The van der Waals surface area contributed by atoms with Crippen LogP contribution in [0.25, 0.3) is 5.76 Å². The number of aliphatic hydroxyl groups excluding tert-OH is 2. The van der Waals surface area contributed by atoms with Gasteiger partial charge in [0.1, 0.15) is 28.7 Å². The Morgan fingerprint density at radius 1 is 1.17 bits per heavy atom. The number of rotatable bonds is 7. The lowest BCUT2D eigenvalue weighted by Gasteiger charge is -2.50. The number of carbonyl (C=O) groups excluding carboxylic acids is 3. The van der Waals surface area contributed by atoms with Gasteiger partial charge in [-0.15, -0.1) is 0 Å². The summed E-state index contributed by atoms with van der Waals surface area (Å²) in [5.74, 6) is -9.58. The normalized spacial score (nSPS) is 27.9. The maximum atomic E-state index is 15.9. The Hall–Kier alpha value is -3.49. The third kappa shape index (κ3) is 4.74. The van der Waals surface area contributed by atoms with E-state index < -0.39 is 100 Å². The molecule has 0 unspecified atom stereocenters. The summed E-state index contributed by atoms with van der Waals surface area (Å²) >= 11 is 0. The quantitative estimate of drug-likeness (QED) is 0.233. The number of primary amides is 1. The lowest BCUT2D eigenvalue weighted by Crippen LogP contribution is -2.65. The summed E-state index contributed by atoms with van der Waals surface area (Å²) in [6.45, 7) is -1.65. The number of halogens is 4. The monoisotopic (exact) mass is 597 g/mol. The van der Waals surface area contributed by atoms with Crippen molar-refractivity contribution in [3.63, 3.8) is 0 Å². The molecule has 1 amide bonds. The molecular formula is C28H31F4N3O7. The molecule has 42 heavy (non-hydrogen) atoms.